The molecule has 1 atom stereocenters. The summed E-state index contributed by atoms with van der Waals surface area (Å²) in [5.74, 6) is 0.798. The third kappa shape index (κ3) is 6.85. The summed E-state index contributed by atoms with van der Waals surface area (Å²) in [6, 6.07) is 8.99. The molecule has 0 spiro atoms. The minimum absolute atomic E-state index is 0. The van der Waals surface area contributed by atoms with E-state index < -0.39 is 0 Å². The quantitative estimate of drug-likeness (QED) is 0.356. The van der Waals surface area contributed by atoms with Gasteiger partial charge in [-0.15, -0.1) is 35.3 Å². The largest absolute Gasteiger partial charge is 0.354 e. The smallest absolute Gasteiger partial charge is 0.191 e. The summed E-state index contributed by atoms with van der Waals surface area (Å²) in [5.41, 5.74) is 2.58. The Kier molecular flexibility index (Phi) is 10.1. The molecule has 1 aromatic heterocycles. The molecule has 0 aliphatic rings. The molecule has 0 saturated heterocycles. The number of guanidine groups is 1. The summed E-state index contributed by atoms with van der Waals surface area (Å²) in [4.78, 5) is 12.3. The average molecular weight is 487 g/mol. The Bertz CT molecular complexity index is 681. The maximum absolute atomic E-state index is 4.44. The van der Waals surface area contributed by atoms with Gasteiger partial charge in [-0.3, -0.25) is 4.99 Å². The topological polar surface area (TPSA) is 52.6 Å². The fourth-order valence-electron chi connectivity index (χ4n) is 2.55. The lowest BCUT2D eigenvalue weighted by Gasteiger charge is -2.26. The van der Waals surface area contributed by atoms with Gasteiger partial charge >= 0.3 is 0 Å². The number of thiazole rings is 1. The van der Waals surface area contributed by atoms with Crippen LogP contribution in [0.2, 0.25) is 0 Å². The number of hydrogen-bond acceptors (Lipinski definition) is 4. The van der Waals surface area contributed by atoms with E-state index in [0.29, 0.717) is 6.54 Å². The third-order valence-corrected chi connectivity index (χ3v) is 5.27. The zero-order valence-electron chi connectivity index (χ0n) is 16.2. The summed E-state index contributed by atoms with van der Waals surface area (Å²) in [6.07, 6.45) is 2.99. The molecule has 0 radical (unpaired) electrons. The third-order valence-electron chi connectivity index (χ3n) is 4.13. The van der Waals surface area contributed by atoms with Crippen molar-refractivity contribution in [3.63, 3.8) is 0 Å². The molecule has 0 fully saturated rings. The van der Waals surface area contributed by atoms with Crippen LogP contribution in [0, 0.1) is 6.92 Å². The number of aryl methyl sites for hydroxylation is 2. The monoisotopic (exact) mass is 487 g/mol. The summed E-state index contributed by atoms with van der Waals surface area (Å²) >= 11 is 1.75. The van der Waals surface area contributed by atoms with Gasteiger partial charge < -0.3 is 15.5 Å². The summed E-state index contributed by atoms with van der Waals surface area (Å²) < 4.78 is 0. The highest BCUT2D eigenvalue weighted by atomic mass is 127. The maximum atomic E-state index is 4.44. The second kappa shape index (κ2) is 11.5. The van der Waals surface area contributed by atoms with Crippen LogP contribution >= 0.6 is 35.3 Å². The number of aromatic nitrogens is 1. The fourth-order valence-corrected chi connectivity index (χ4v) is 3.36. The number of likely N-dealkylation sites (N-methyl/N-ethyl adjacent to an activating group) is 1. The van der Waals surface area contributed by atoms with Crippen molar-refractivity contribution in [3.8, 4) is 0 Å². The van der Waals surface area contributed by atoms with E-state index in [1.165, 1.54) is 16.0 Å². The van der Waals surface area contributed by atoms with E-state index in [9.17, 15) is 0 Å². The Morgan fingerprint density at radius 1 is 1.23 bits per heavy atom. The van der Waals surface area contributed by atoms with Gasteiger partial charge in [0.25, 0.3) is 0 Å². The van der Waals surface area contributed by atoms with E-state index in [-0.39, 0.29) is 30.0 Å². The molecule has 1 aromatic carbocycles. The highest BCUT2D eigenvalue weighted by molar-refractivity contribution is 14.0. The summed E-state index contributed by atoms with van der Waals surface area (Å²) in [6.45, 7) is 5.74. The van der Waals surface area contributed by atoms with Gasteiger partial charge in [-0.1, -0.05) is 36.8 Å². The van der Waals surface area contributed by atoms with Crippen molar-refractivity contribution >= 4 is 41.3 Å². The molecule has 0 saturated carbocycles. The van der Waals surface area contributed by atoms with Crippen LogP contribution in [0.15, 0.2) is 35.5 Å². The molecule has 2 rings (SSSR count). The minimum atomic E-state index is 0. The van der Waals surface area contributed by atoms with E-state index in [1.807, 2.05) is 6.20 Å². The molecule has 5 nitrogen and oxygen atoms in total. The number of nitrogens with one attached hydrogen (secondary N) is 2. The number of halogens is 1. The van der Waals surface area contributed by atoms with Gasteiger partial charge in [0.05, 0.1) is 12.6 Å². The number of benzene rings is 1. The van der Waals surface area contributed by atoms with Crippen LogP contribution in [-0.4, -0.2) is 43.5 Å². The average Bonchev–Trinajstić information content (AvgIpc) is 3.07. The van der Waals surface area contributed by atoms with Gasteiger partial charge in [0, 0.05) is 24.7 Å². The molecule has 2 aromatic rings. The highest BCUT2D eigenvalue weighted by Gasteiger charge is 2.14. The molecule has 0 amide bonds. The molecular formula is C19H30IN5S. The minimum Gasteiger partial charge on any atom is -0.354 e. The van der Waals surface area contributed by atoms with Crippen LogP contribution in [-0.2, 0) is 13.0 Å². The zero-order chi connectivity index (χ0) is 18.2. The molecule has 1 unspecified atom stereocenters. The summed E-state index contributed by atoms with van der Waals surface area (Å²) in [7, 11) is 6.00. The Hall–Kier alpha value is -1.19. The Morgan fingerprint density at radius 2 is 1.92 bits per heavy atom. The first kappa shape index (κ1) is 22.9. The molecule has 144 valence electrons. The second-order valence-corrected chi connectivity index (χ2v) is 7.47. The fraction of sp³-hybridized carbons (Fsp3) is 0.474. The number of aliphatic imine (C=N–C) groups is 1. The van der Waals surface area contributed by atoms with Gasteiger partial charge in [0.2, 0.25) is 0 Å². The van der Waals surface area contributed by atoms with E-state index in [4.69, 9.17) is 0 Å². The van der Waals surface area contributed by atoms with Crippen LogP contribution in [0.25, 0.3) is 0 Å². The lowest BCUT2D eigenvalue weighted by molar-refractivity contribution is 0.298. The SMILES string of the molecule is CCc1cnc(CNC(=NC)NCC(c2ccc(C)cc2)N(C)C)s1.I. The lowest BCUT2D eigenvalue weighted by atomic mass is 10.0. The van der Waals surface area contributed by atoms with Gasteiger partial charge in [-0.2, -0.15) is 0 Å². The Morgan fingerprint density at radius 3 is 2.46 bits per heavy atom. The van der Waals surface area contributed by atoms with Crippen LogP contribution < -0.4 is 10.6 Å². The molecule has 0 aliphatic carbocycles. The predicted molar refractivity (Wildman–Crippen MR) is 123 cm³/mol. The Balaban J connectivity index is 0.00000338. The predicted octanol–water partition coefficient (Wildman–Crippen LogP) is 3.60. The molecule has 7 heteroatoms. The molecule has 0 aliphatic heterocycles. The molecule has 26 heavy (non-hydrogen) atoms. The van der Waals surface area contributed by atoms with Gasteiger partial charge in [-0.25, -0.2) is 4.98 Å². The van der Waals surface area contributed by atoms with Crippen molar-refractivity contribution in [2.24, 2.45) is 4.99 Å². The normalized spacial score (nSPS) is 12.6. The van der Waals surface area contributed by atoms with Crippen molar-refractivity contribution in [2.75, 3.05) is 27.7 Å². The van der Waals surface area contributed by atoms with Gasteiger partial charge in [0.1, 0.15) is 5.01 Å². The van der Waals surface area contributed by atoms with Crippen molar-refractivity contribution in [1.29, 1.82) is 0 Å². The second-order valence-electron chi connectivity index (χ2n) is 6.27. The van der Waals surface area contributed by atoms with Crippen LogP contribution in [0.5, 0.6) is 0 Å². The molecular weight excluding hydrogens is 457 g/mol. The van der Waals surface area contributed by atoms with Gasteiger partial charge in [-0.05, 0) is 33.0 Å². The van der Waals surface area contributed by atoms with Crippen molar-refractivity contribution in [3.05, 3.63) is 51.5 Å². The van der Waals surface area contributed by atoms with Crippen molar-refractivity contribution in [1.82, 2.24) is 20.5 Å². The van der Waals surface area contributed by atoms with E-state index in [2.05, 4.69) is 77.7 Å². The first-order chi connectivity index (χ1) is 12.0. The van der Waals surface area contributed by atoms with Crippen LogP contribution in [0.3, 0.4) is 0 Å². The first-order valence-electron chi connectivity index (χ1n) is 8.64. The van der Waals surface area contributed by atoms with E-state index in [0.717, 1.165) is 23.9 Å². The van der Waals surface area contributed by atoms with Crippen LogP contribution in [0.4, 0.5) is 0 Å². The highest BCUT2D eigenvalue weighted by Crippen LogP contribution is 2.18. The van der Waals surface area contributed by atoms with Crippen molar-refractivity contribution < 1.29 is 0 Å². The number of nitrogens with zero attached hydrogens (tertiary/aromatic N) is 3. The molecule has 0 bridgehead atoms. The first-order valence-corrected chi connectivity index (χ1v) is 9.46. The Labute approximate surface area is 178 Å². The lowest BCUT2D eigenvalue weighted by Crippen LogP contribution is -2.41. The summed E-state index contributed by atoms with van der Waals surface area (Å²) in [5, 5.41) is 7.86. The van der Waals surface area contributed by atoms with Crippen LogP contribution in [0.1, 0.15) is 34.0 Å². The molecule has 1 heterocycles. The van der Waals surface area contributed by atoms with E-state index >= 15 is 0 Å². The maximum Gasteiger partial charge on any atom is 0.191 e. The zero-order valence-corrected chi connectivity index (χ0v) is 19.4. The number of hydrogen-bond donors (Lipinski definition) is 2. The standard InChI is InChI=1S/C19H29N5S.HI/c1-6-16-11-21-18(25-16)13-23-19(20-3)22-12-17(24(4)5)15-9-7-14(2)8-10-15;/h7-11,17H,6,12-13H2,1-5H3,(H2,20,22,23);1H. The van der Waals surface area contributed by atoms with E-state index in [1.54, 1.807) is 18.4 Å². The molecule has 2 N–H and O–H groups in total. The number of rotatable bonds is 7. The van der Waals surface area contributed by atoms with Crippen molar-refractivity contribution in [2.45, 2.75) is 32.9 Å². The van der Waals surface area contributed by atoms with Gasteiger partial charge in [0.15, 0.2) is 5.96 Å².